The number of aromatic nitrogens is 2. The molecule has 2 rings (SSSR count). The van der Waals surface area contributed by atoms with Gasteiger partial charge in [-0.2, -0.15) is 0 Å². The van der Waals surface area contributed by atoms with Crippen LogP contribution in [0.1, 0.15) is 18.4 Å². The van der Waals surface area contributed by atoms with Crippen LogP contribution in [0.15, 0.2) is 6.20 Å². The maximum Gasteiger partial charge on any atom is 0.345 e. The molecule has 6 heteroatoms. The van der Waals surface area contributed by atoms with Gasteiger partial charge in [-0.15, -0.1) is 5.10 Å². The number of rotatable bonds is 4. The van der Waals surface area contributed by atoms with E-state index in [9.17, 15) is 10.1 Å². The monoisotopic (exact) mass is 196 g/mol. The molecule has 0 spiro atoms. The van der Waals surface area contributed by atoms with Crippen molar-refractivity contribution >= 4 is 5.82 Å². The minimum atomic E-state index is -0.423. The lowest BCUT2D eigenvalue weighted by molar-refractivity contribution is -0.390. The van der Waals surface area contributed by atoms with E-state index in [4.69, 9.17) is 0 Å². The number of nitrogens with zero attached hydrogens (tertiary/aromatic N) is 2. The van der Waals surface area contributed by atoms with Crippen molar-refractivity contribution in [2.45, 2.75) is 24.8 Å². The maximum atomic E-state index is 10.6. The molecule has 1 fully saturated rings. The second kappa shape index (κ2) is 3.06. The first kappa shape index (κ1) is 9.14. The molecule has 0 aliphatic heterocycles. The van der Waals surface area contributed by atoms with Gasteiger partial charge in [-0.05, 0) is 24.8 Å². The molecule has 0 saturated heterocycles. The Bertz CT molecular complexity index is 356. The third-order valence-corrected chi connectivity index (χ3v) is 2.79. The molecule has 1 aromatic rings. The molecule has 1 heterocycles. The van der Waals surface area contributed by atoms with Gasteiger partial charge in [0.15, 0.2) is 0 Å². The van der Waals surface area contributed by atoms with Crippen molar-refractivity contribution in [1.29, 1.82) is 0 Å². The van der Waals surface area contributed by atoms with E-state index in [-0.39, 0.29) is 11.4 Å². The maximum absolute atomic E-state index is 10.6. The number of nitro groups is 1. The lowest BCUT2D eigenvalue weighted by atomic mass is 10.1. The summed E-state index contributed by atoms with van der Waals surface area (Å²) in [7, 11) is 1.89. The van der Waals surface area contributed by atoms with E-state index in [1.54, 1.807) is 0 Å². The molecule has 0 aromatic carbocycles. The van der Waals surface area contributed by atoms with Crippen LogP contribution in [0.3, 0.4) is 0 Å². The average Bonchev–Trinajstić information content (AvgIpc) is 2.76. The summed E-state index contributed by atoms with van der Waals surface area (Å²) in [4.78, 5) is 10.2. The highest BCUT2D eigenvalue weighted by molar-refractivity contribution is 5.32. The molecule has 2 N–H and O–H groups in total. The molecular weight excluding hydrogens is 184 g/mol. The molecule has 76 valence electrons. The van der Waals surface area contributed by atoms with Crippen molar-refractivity contribution in [1.82, 2.24) is 15.5 Å². The Morgan fingerprint density at radius 1 is 1.79 bits per heavy atom. The van der Waals surface area contributed by atoms with Gasteiger partial charge in [0.2, 0.25) is 0 Å². The highest BCUT2D eigenvalue weighted by Gasteiger charge is 2.42. The first-order valence-corrected chi connectivity index (χ1v) is 4.52. The summed E-state index contributed by atoms with van der Waals surface area (Å²) in [5.41, 5.74) is 0.760. The summed E-state index contributed by atoms with van der Waals surface area (Å²) < 4.78 is 0. The zero-order valence-corrected chi connectivity index (χ0v) is 7.91. The van der Waals surface area contributed by atoms with Crippen LogP contribution in [0, 0.1) is 10.1 Å². The first-order valence-electron chi connectivity index (χ1n) is 4.52. The van der Waals surface area contributed by atoms with E-state index in [0.717, 1.165) is 12.8 Å². The Labute approximate surface area is 80.9 Å². The number of hydrogen-bond donors (Lipinski definition) is 2. The molecule has 1 saturated carbocycles. The standard InChI is InChI=1S/C8H12N4O2/c1-9-8(2-3-8)4-6-5-10-11-7(6)12(13)14/h5,9H,2-4H2,1H3,(H,10,11). The Kier molecular flexibility index (Phi) is 1.99. The fraction of sp³-hybridized carbons (Fsp3) is 0.625. The van der Waals surface area contributed by atoms with Gasteiger partial charge in [0.25, 0.3) is 0 Å². The summed E-state index contributed by atoms with van der Waals surface area (Å²) >= 11 is 0. The van der Waals surface area contributed by atoms with E-state index in [1.807, 2.05) is 7.05 Å². The molecular formula is C8H12N4O2. The Balaban J connectivity index is 2.16. The summed E-state index contributed by atoms with van der Waals surface area (Å²) in [5, 5.41) is 19.9. The molecule has 1 aliphatic rings. The fourth-order valence-electron chi connectivity index (χ4n) is 1.62. The molecule has 0 amide bonds. The fourth-order valence-corrected chi connectivity index (χ4v) is 1.62. The van der Waals surface area contributed by atoms with Gasteiger partial charge in [-0.25, -0.2) is 0 Å². The van der Waals surface area contributed by atoms with Crippen LogP contribution in [0.4, 0.5) is 5.82 Å². The van der Waals surface area contributed by atoms with Crippen molar-refractivity contribution in [3.05, 3.63) is 21.9 Å². The van der Waals surface area contributed by atoms with Crippen LogP contribution in [0.2, 0.25) is 0 Å². The van der Waals surface area contributed by atoms with Crippen molar-refractivity contribution in [3.8, 4) is 0 Å². The van der Waals surface area contributed by atoms with Gasteiger partial charge >= 0.3 is 5.82 Å². The number of H-pyrrole nitrogens is 1. The van der Waals surface area contributed by atoms with Crippen LogP contribution in [0.5, 0.6) is 0 Å². The highest BCUT2D eigenvalue weighted by atomic mass is 16.6. The van der Waals surface area contributed by atoms with E-state index in [2.05, 4.69) is 15.5 Å². The van der Waals surface area contributed by atoms with E-state index < -0.39 is 4.92 Å². The molecule has 0 radical (unpaired) electrons. The summed E-state index contributed by atoms with van der Waals surface area (Å²) in [6, 6.07) is 0. The van der Waals surface area contributed by atoms with Crippen LogP contribution < -0.4 is 5.32 Å². The zero-order chi connectivity index (χ0) is 10.2. The predicted molar refractivity (Wildman–Crippen MR) is 50.0 cm³/mol. The third kappa shape index (κ3) is 1.48. The van der Waals surface area contributed by atoms with E-state index >= 15 is 0 Å². The normalized spacial score (nSPS) is 18.1. The molecule has 1 aromatic heterocycles. The van der Waals surface area contributed by atoms with E-state index in [0.29, 0.717) is 12.0 Å². The van der Waals surface area contributed by atoms with Gasteiger partial charge in [-0.3, -0.25) is 0 Å². The molecule has 6 nitrogen and oxygen atoms in total. The summed E-state index contributed by atoms with van der Waals surface area (Å²) in [6.07, 6.45) is 4.36. The van der Waals surface area contributed by atoms with E-state index in [1.165, 1.54) is 6.20 Å². The van der Waals surface area contributed by atoms with Crippen LogP contribution in [-0.4, -0.2) is 27.7 Å². The quantitative estimate of drug-likeness (QED) is 0.546. The number of nitrogens with one attached hydrogen (secondary N) is 2. The first-order chi connectivity index (χ1) is 6.67. The van der Waals surface area contributed by atoms with Gasteiger partial charge in [0.1, 0.15) is 0 Å². The molecule has 1 aliphatic carbocycles. The predicted octanol–water partition coefficient (Wildman–Crippen LogP) is 0.612. The zero-order valence-electron chi connectivity index (χ0n) is 7.91. The molecule has 14 heavy (non-hydrogen) atoms. The second-order valence-corrected chi connectivity index (χ2v) is 3.71. The SMILES string of the molecule is CNC1(Cc2cn[nH]c2[N+](=O)[O-])CC1. The highest BCUT2D eigenvalue weighted by Crippen LogP contribution is 2.39. The Hall–Kier alpha value is -1.43. The number of hydrogen-bond acceptors (Lipinski definition) is 4. The van der Waals surface area contributed by atoms with Crippen molar-refractivity contribution < 1.29 is 4.92 Å². The molecule has 0 bridgehead atoms. The minimum absolute atomic E-state index is 0.0199. The smallest absolute Gasteiger partial charge is 0.345 e. The Morgan fingerprint density at radius 2 is 2.50 bits per heavy atom. The largest absolute Gasteiger partial charge is 0.358 e. The average molecular weight is 196 g/mol. The van der Waals surface area contributed by atoms with Crippen LogP contribution in [-0.2, 0) is 6.42 Å². The minimum Gasteiger partial charge on any atom is -0.358 e. The van der Waals surface area contributed by atoms with Gasteiger partial charge in [0.05, 0.1) is 11.8 Å². The molecule has 0 unspecified atom stereocenters. The summed E-state index contributed by atoms with van der Waals surface area (Å²) in [6.45, 7) is 0. The van der Waals surface area contributed by atoms with Gasteiger partial charge in [-0.1, -0.05) is 5.10 Å². The summed E-state index contributed by atoms with van der Waals surface area (Å²) in [5.74, 6) is 0.0199. The Morgan fingerprint density at radius 3 is 3.00 bits per heavy atom. The van der Waals surface area contributed by atoms with Crippen LogP contribution >= 0.6 is 0 Å². The number of likely N-dealkylation sites (N-methyl/N-ethyl adjacent to an activating group) is 1. The lowest BCUT2D eigenvalue weighted by Crippen LogP contribution is -2.29. The third-order valence-electron chi connectivity index (χ3n) is 2.79. The second-order valence-electron chi connectivity index (χ2n) is 3.71. The van der Waals surface area contributed by atoms with Crippen LogP contribution in [0.25, 0.3) is 0 Å². The number of aromatic amines is 1. The van der Waals surface area contributed by atoms with Gasteiger partial charge in [0, 0.05) is 12.0 Å². The molecule has 0 atom stereocenters. The van der Waals surface area contributed by atoms with Crippen molar-refractivity contribution in [2.24, 2.45) is 0 Å². The van der Waals surface area contributed by atoms with Gasteiger partial charge < -0.3 is 15.4 Å². The van der Waals surface area contributed by atoms with Crippen molar-refractivity contribution in [2.75, 3.05) is 7.05 Å². The van der Waals surface area contributed by atoms with Crippen molar-refractivity contribution in [3.63, 3.8) is 0 Å². The topological polar surface area (TPSA) is 83.8 Å². The lowest BCUT2D eigenvalue weighted by Gasteiger charge is -2.11.